The van der Waals surface area contributed by atoms with Crippen molar-refractivity contribution in [2.24, 2.45) is 17.1 Å². The second-order valence-corrected chi connectivity index (χ2v) is 5.09. The van der Waals surface area contributed by atoms with E-state index >= 15 is 0 Å². The highest BCUT2D eigenvalue weighted by Crippen LogP contribution is 2.46. The Morgan fingerprint density at radius 3 is 2.41 bits per heavy atom. The number of β-lactam (4-membered cyclic amide) rings is 1. The zero-order chi connectivity index (χ0) is 13.1. The molecule has 0 aromatic heterocycles. The lowest BCUT2D eigenvalue weighted by molar-refractivity contribution is -0.166. The van der Waals surface area contributed by atoms with Gasteiger partial charge in [-0.1, -0.05) is 13.7 Å². The molecule has 0 aromatic rings. The van der Waals surface area contributed by atoms with Gasteiger partial charge in [-0.3, -0.25) is 9.59 Å². The minimum atomic E-state index is -0.414. The van der Waals surface area contributed by atoms with Crippen LogP contribution in [0.1, 0.15) is 32.6 Å². The van der Waals surface area contributed by atoms with Gasteiger partial charge in [0, 0.05) is 6.54 Å². The number of amides is 2. The van der Waals surface area contributed by atoms with Crippen LogP contribution >= 0.6 is 0 Å². The Kier molecular flexibility index (Phi) is 4.60. The van der Waals surface area contributed by atoms with Gasteiger partial charge in [0.2, 0.25) is 11.8 Å². The topological polar surface area (TPSA) is 63.4 Å². The van der Waals surface area contributed by atoms with E-state index in [1.165, 1.54) is 6.82 Å². The van der Waals surface area contributed by atoms with Crippen molar-refractivity contribution in [1.29, 1.82) is 0 Å². The highest BCUT2D eigenvalue weighted by molar-refractivity contribution is 6.05. The molecule has 1 aliphatic carbocycles. The number of hydrogen-bond donors (Lipinski definition) is 1. The number of rotatable bonds is 2. The van der Waals surface area contributed by atoms with Crippen molar-refractivity contribution in [3.05, 3.63) is 0 Å². The summed E-state index contributed by atoms with van der Waals surface area (Å²) in [6.45, 7) is 4.56. The molecule has 1 spiro atoms. The van der Waals surface area contributed by atoms with Crippen molar-refractivity contribution in [2.75, 3.05) is 13.1 Å². The van der Waals surface area contributed by atoms with E-state index in [0.29, 0.717) is 0 Å². The number of carbonyl (C=O) groups excluding carboxylic acids is 2. The molecule has 0 bridgehead atoms. The SMILES string of the molecule is CC1CCC2(CC1)CN(CC(N)=O)C2=O.[B]C. The van der Waals surface area contributed by atoms with Crippen LogP contribution in [0.15, 0.2) is 0 Å². The average Bonchev–Trinajstić information content (AvgIpc) is 2.33. The third-order valence-corrected chi connectivity index (χ3v) is 3.81. The van der Waals surface area contributed by atoms with Gasteiger partial charge in [-0.25, -0.2) is 0 Å². The lowest BCUT2D eigenvalue weighted by atomic mass is 9.65. The predicted octanol–water partition coefficient (Wildman–Crippen LogP) is 0.713. The maximum absolute atomic E-state index is 11.9. The third kappa shape index (κ3) is 2.82. The molecule has 94 valence electrons. The standard InChI is InChI=1S/C11H18N2O2.CH3B/c1-8-2-4-11(5-3-8)7-13(10(11)15)6-9(12)14;1-2/h8H,2-7H2,1H3,(H2,12,14);1H3. The molecule has 1 saturated carbocycles. The van der Waals surface area contributed by atoms with Crippen molar-refractivity contribution in [1.82, 2.24) is 4.90 Å². The maximum Gasteiger partial charge on any atom is 0.237 e. The average molecular weight is 236 g/mol. The second kappa shape index (κ2) is 5.56. The Balaban J connectivity index is 0.000000686. The normalized spacial score (nSPS) is 31.5. The quantitative estimate of drug-likeness (QED) is 0.567. The van der Waals surface area contributed by atoms with Gasteiger partial charge in [0.1, 0.15) is 0 Å². The first kappa shape index (κ1) is 14.1. The summed E-state index contributed by atoms with van der Waals surface area (Å²) in [6, 6.07) is 0. The van der Waals surface area contributed by atoms with Crippen molar-refractivity contribution < 1.29 is 9.59 Å². The molecule has 2 N–H and O–H groups in total. The fourth-order valence-corrected chi connectivity index (χ4v) is 2.75. The molecule has 2 aliphatic rings. The number of nitrogens with two attached hydrogens (primary N) is 1. The van der Waals surface area contributed by atoms with E-state index in [-0.39, 0.29) is 17.9 Å². The van der Waals surface area contributed by atoms with E-state index in [4.69, 9.17) is 5.73 Å². The van der Waals surface area contributed by atoms with Crippen molar-refractivity contribution in [3.63, 3.8) is 0 Å². The molecule has 1 heterocycles. The number of carbonyl (C=O) groups is 2. The van der Waals surface area contributed by atoms with Gasteiger partial charge in [0.05, 0.1) is 19.8 Å². The summed E-state index contributed by atoms with van der Waals surface area (Å²) in [6.07, 6.45) is 4.25. The highest BCUT2D eigenvalue weighted by atomic mass is 16.2. The van der Waals surface area contributed by atoms with Crippen LogP contribution in [0.4, 0.5) is 0 Å². The van der Waals surface area contributed by atoms with Crippen LogP contribution < -0.4 is 5.73 Å². The monoisotopic (exact) mass is 236 g/mol. The first-order chi connectivity index (χ1) is 8.03. The summed E-state index contributed by atoms with van der Waals surface area (Å²) >= 11 is 0. The zero-order valence-corrected chi connectivity index (χ0v) is 10.7. The third-order valence-electron chi connectivity index (χ3n) is 3.81. The predicted molar refractivity (Wildman–Crippen MR) is 67.5 cm³/mol. The first-order valence-corrected chi connectivity index (χ1v) is 6.19. The Bertz CT molecular complexity index is 299. The molecule has 2 amide bonds. The Hall–Kier alpha value is -0.995. The Labute approximate surface area is 104 Å². The fourth-order valence-electron chi connectivity index (χ4n) is 2.75. The van der Waals surface area contributed by atoms with Gasteiger partial charge in [-0.15, -0.1) is 0 Å². The summed E-state index contributed by atoms with van der Waals surface area (Å²) in [5, 5.41) is 0. The van der Waals surface area contributed by atoms with Crippen molar-refractivity contribution in [2.45, 2.75) is 39.4 Å². The molecule has 2 rings (SSSR count). The van der Waals surface area contributed by atoms with Gasteiger partial charge < -0.3 is 10.6 Å². The van der Waals surface area contributed by atoms with Crippen LogP contribution in [0, 0.1) is 11.3 Å². The van der Waals surface area contributed by atoms with Crippen LogP contribution in [0.5, 0.6) is 0 Å². The molecule has 1 aliphatic heterocycles. The van der Waals surface area contributed by atoms with E-state index in [9.17, 15) is 9.59 Å². The number of nitrogens with zero attached hydrogens (tertiary/aromatic N) is 1. The summed E-state index contributed by atoms with van der Waals surface area (Å²) in [4.78, 5) is 24.2. The van der Waals surface area contributed by atoms with Gasteiger partial charge in [0.25, 0.3) is 0 Å². The van der Waals surface area contributed by atoms with Crippen LogP contribution in [-0.2, 0) is 9.59 Å². The lowest BCUT2D eigenvalue weighted by Crippen LogP contribution is -2.63. The number of hydrogen-bond acceptors (Lipinski definition) is 2. The van der Waals surface area contributed by atoms with Gasteiger partial charge >= 0.3 is 0 Å². The molecule has 0 unspecified atom stereocenters. The van der Waals surface area contributed by atoms with Crippen LogP contribution in [0.3, 0.4) is 0 Å². The van der Waals surface area contributed by atoms with Crippen LogP contribution in [0.25, 0.3) is 0 Å². The summed E-state index contributed by atoms with van der Waals surface area (Å²) in [5.41, 5.74) is 4.95. The van der Waals surface area contributed by atoms with Crippen LogP contribution in [-0.4, -0.2) is 37.7 Å². The Morgan fingerprint density at radius 1 is 1.47 bits per heavy atom. The zero-order valence-electron chi connectivity index (χ0n) is 10.7. The Morgan fingerprint density at radius 2 is 2.00 bits per heavy atom. The van der Waals surface area contributed by atoms with Crippen molar-refractivity contribution in [3.8, 4) is 0 Å². The minimum absolute atomic E-state index is 0.0934. The molecule has 17 heavy (non-hydrogen) atoms. The van der Waals surface area contributed by atoms with Gasteiger partial charge in [-0.05, 0) is 31.6 Å². The summed E-state index contributed by atoms with van der Waals surface area (Å²) < 4.78 is 0. The molecule has 2 radical (unpaired) electrons. The molecule has 0 atom stereocenters. The van der Waals surface area contributed by atoms with E-state index < -0.39 is 5.91 Å². The molecular weight excluding hydrogens is 215 g/mol. The smallest absolute Gasteiger partial charge is 0.237 e. The molecule has 0 aromatic carbocycles. The van der Waals surface area contributed by atoms with E-state index in [2.05, 4.69) is 14.8 Å². The molecule has 2 fully saturated rings. The molecule has 4 nitrogen and oxygen atoms in total. The number of primary amides is 1. The maximum atomic E-state index is 11.9. The van der Waals surface area contributed by atoms with Crippen LogP contribution in [0.2, 0.25) is 6.82 Å². The fraction of sp³-hybridized carbons (Fsp3) is 0.833. The molecular formula is C12H21BN2O2. The first-order valence-electron chi connectivity index (χ1n) is 6.19. The molecule has 5 heteroatoms. The summed E-state index contributed by atoms with van der Waals surface area (Å²) in [5.74, 6) is 0.476. The minimum Gasteiger partial charge on any atom is -0.368 e. The molecule has 1 saturated heterocycles. The van der Waals surface area contributed by atoms with E-state index in [0.717, 1.165) is 38.1 Å². The largest absolute Gasteiger partial charge is 0.368 e. The van der Waals surface area contributed by atoms with Crippen molar-refractivity contribution >= 4 is 19.7 Å². The van der Waals surface area contributed by atoms with E-state index in [1.54, 1.807) is 4.90 Å². The highest BCUT2D eigenvalue weighted by Gasteiger charge is 2.52. The van der Waals surface area contributed by atoms with Gasteiger partial charge in [-0.2, -0.15) is 0 Å². The lowest BCUT2D eigenvalue weighted by Gasteiger charge is -2.51. The van der Waals surface area contributed by atoms with E-state index in [1.807, 2.05) is 0 Å². The second-order valence-electron chi connectivity index (χ2n) is 5.09. The van der Waals surface area contributed by atoms with Gasteiger partial charge in [0.15, 0.2) is 0 Å². The number of likely N-dealkylation sites (tertiary alicyclic amines) is 1. The summed E-state index contributed by atoms with van der Waals surface area (Å²) in [7, 11) is 4.50.